The van der Waals surface area contributed by atoms with Gasteiger partial charge in [-0.15, -0.1) is 21.5 Å². The van der Waals surface area contributed by atoms with E-state index in [0.29, 0.717) is 17.6 Å². The van der Waals surface area contributed by atoms with Crippen molar-refractivity contribution in [3.63, 3.8) is 0 Å². The van der Waals surface area contributed by atoms with Crippen LogP contribution in [-0.2, 0) is 6.42 Å². The summed E-state index contributed by atoms with van der Waals surface area (Å²) in [6.07, 6.45) is 6.74. The van der Waals surface area contributed by atoms with Gasteiger partial charge in [-0.2, -0.15) is 0 Å². The second-order valence-corrected chi connectivity index (χ2v) is 19.2. The van der Waals surface area contributed by atoms with Crippen molar-refractivity contribution < 1.29 is 10.2 Å². The van der Waals surface area contributed by atoms with E-state index in [1.54, 1.807) is 11.3 Å². The molecule has 2 aromatic heterocycles. The van der Waals surface area contributed by atoms with Gasteiger partial charge >= 0.3 is 0 Å². The highest BCUT2D eigenvalue weighted by molar-refractivity contribution is 7.15. The summed E-state index contributed by atoms with van der Waals surface area (Å²) in [7, 11) is 0. The normalized spacial score (nSPS) is 21.5. The summed E-state index contributed by atoms with van der Waals surface area (Å²) in [5.41, 5.74) is 11.8. The Hall–Kier alpha value is -5.25. The van der Waals surface area contributed by atoms with Crippen LogP contribution in [0.1, 0.15) is 119 Å². The topological polar surface area (TPSA) is 90.0 Å². The Balaban J connectivity index is 0.760. The van der Waals surface area contributed by atoms with Crippen LogP contribution < -0.4 is 9.80 Å². The standard InChI is InChI=1S/C51H56N6O2S/c1-32-34(3)60-50-46(32)48(52-33(2)49-54-53-35(4)57(49)50)39-12-17-42(18-13-39)56-28-24-51(59,25-29-56)31-36-22-26-55(27-23-36)41-15-10-38(11-16-41)47-44(37-8-6-5-7-9-37)20-14-40-30-43(58)19-21-45(40)47/h5-13,15-19,21,30,33,36,44,47,58-59H,14,20,22-29,31H2,1-4H3/t33-,44+,47-/m0/s1. The Bertz CT molecular complexity index is 2530. The van der Waals surface area contributed by atoms with Crippen LogP contribution in [0.3, 0.4) is 0 Å². The van der Waals surface area contributed by atoms with E-state index in [2.05, 4.69) is 130 Å². The molecule has 5 heterocycles. The molecule has 0 radical (unpaired) electrons. The first kappa shape index (κ1) is 38.9. The fourth-order valence-electron chi connectivity index (χ4n) is 10.8. The first-order chi connectivity index (χ1) is 29.1. The quantitative estimate of drug-likeness (QED) is 0.167. The van der Waals surface area contributed by atoms with E-state index >= 15 is 0 Å². The molecule has 2 saturated heterocycles. The van der Waals surface area contributed by atoms with Gasteiger partial charge in [0, 0.05) is 59.5 Å². The number of thiophene rings is 1. The SMILES string of the molecule is Cc1sc2c(c1C)C(c1ccc(N3CCC(O)(CC4CCN(c5ccc([C@@H]6c7ccc(O)cc7CC[C@@H]6c6ccccc6)cc5)CC4)CC3)cc1)=N[C@@H](C)c1nnc(C)n1-2. The first-order valence-corrected chi connectivity index (χ1v) is 22.8. The molecule has 8 nitrogen and oxygen atoms in total. The van der Waals surface area contributed by atoms with E-state index in [-0.39, 0.29) is 12.0 Å². The Kier molecular flexibility index (Phi) is 10.2. The van der Waals surface area contributed by atoms with Gasteiger partial charge in [-0.1, -0.05) is 60.7 Å². The number of aromatic hydroxyl groups is 1. The number of aliphatic imine (C=N–C) groups is 1. The van der Waals surface area contributed by atoms with Gasteiger partial charge in [0.05, 0.1) is 11.3 Å². The summed E-state index contributed by atoms with van der Waals surface area (Å²) in [5, 5.41) is 32.2. The predicted octanol–water partition coefficient (Wildman–Crippen LogP) is 10.4. The molecule has 9 heteroatoms. The molecular weight excluding hydrogens is 761 g/mol. The lowest BCUT2D eigenvalue weighted by Crippen LogP contribution is -2.46. The summed E-state index contributed by atoms with van der Waals surface area (Å²) in [5.74, 6) is 3.33. The van der Waals surface area contributed by atoms with Crippen molar-refractivity contribution >= 4 is 28.4 Å². The largest absolute Gasteiger partial charge is 0.508 e. The molecule has 60 heavy (non-hydrogen) atoms. The molecule has 2 fully saturated rings. The minimum absolute atomic E-state index is 0.101. The predicted molar refractivity (Wildman–Crippen MR) is 244 cm³/mol. The minimum atomic E-state index is -0.610. The van der Waals surface area contributed by atoms with Crippen molar-refractivity contribution in [3.8, 4) is 10.8 Å². The molecule has 0 bridgehead atoms. The average Bonchev–Trinajstić information content (AvgIpc) is 3.76. The molecule has 0 spiro atoms. The molecule has 0 amide bonds. The zero-order valence-electron chi connectivity index (χ0n) is 35.3. The fourth-order valence-corrected chi connectivity index (χ4v) is 12.0. The molecule has 2 N–H and O–H groups in total. The highest BCUT2D eigenvalue weighted by Gasteiger charge is 2.37. The molecule has 6 aromatic rings. The molecule has 308 valence electrons. The van der Waals surface area contributed by atoms with Gasteiger partial charge in [-0.05, 0) is 149 Å². The maximum absolute atomic E-state index is 11.9. The zero-order valence-corrected chi connectivity index (χ0v) is 36.1. The number of aromatic nitrogens is 3. The van der Waals surface area contributed by atoms with Crippen LogP contribution in [0.25, 0.3) is 5.00 Å². The van der Waals surface area contributed by atoms with Crippen molar-refractivity contribution in [3.05, 3.63) is 153 Å². The van der Waals surface area contributed by atoms with Gasteiger partial charge in [-0.3, -0.25) is 9.56 Å². The third kappa shape index (κ3) is 7.13. The molecular formula is C51H56N6O2S. The summed E-state index contributed by atoms with van der Waals surface area (Å²) < 4.78 is 2.19. The van der Waals surface area contributed by atoms with Crippen LogP contribution in [0, 0.1) is 26.7 Å². The minimum Gasteiger partial charge on any atom is -0.508 e. The maximum Gasteiger partial charge on any atom is 0.162 e. The number of benzene rings is 4. The molecule has 10 rings (SSSR count). The molecule has 3 atom stereocenters. The third-order valence-corrected chi connectivity index (χ3v) is 15.5. The Morgan fingerprint density at radius 2 is 1.45 bits per heavy atom. The molecule has 0 saturated carbocycles. The zero-order chi connectivity index (χ0) is 41.1. The van der Waals surface area contributed by atoms with E-state index in [1.165, 1.54) is 49.6 Å². The maximum atomic E-state index is 11.9. The number of phenolic OH excluding ortho intramolecular Hbond substituents is 1. The fraction of sp³-hybridized carbons (Fsp3) is 0.392. The van der Waals surface area contributed by atoms with Crippen molar-refractivity contribution in [1.29, 1.82) is 0 Å². The van der Waals surface area contributed by atoms with Gasteiger partial charge in [0.2, 0.25) is 0 Å². The number of hydrogen-bond acceptors (Lipinski definition) is 8. The van der Waals surface area contributed by atoms with Crippen molar-refractivity contribution in [1.82, 2.24) is 14.8 Å². The summed E-state index contributed by atoms with van der Waals surface area (Å²) >= 11 is 1.79. The summed E-state index contributed by atoms with van der Waals surface area (Å²) in [6.45, 7) is 12.3. The Morgan fingerprint density at radius 3 is 2.17 bits per heavy atom. The van der Waals surface area contributed by atoms with Crippen LogP contribution >= 0.6 is 11.3 Å². The highest BCUT2D eigenvalue weighted by Crippen LogP contribution is 2.47. The van der Waals surface area contributed by atoms with Crippen LogP contribution in [0.5, 0.6) is 5.75 Å². The van der Waals surface area contributed by atoms with E-state index in [4.69, 9.17) is 4.99 Å². The molecule has 1 aliphatic carbocycles. The smallest absolute Gasteiger partial charge is 0.162 e. The van der Waals surface area contributed by atoms with Gasteiger partial charge < -0.3 is 20.0 Å². The van der Waals surface area contributed by atoms with Gasteiger partial charge in [0.15, 0.2) is 5.82 Å². The van der Waals surface area contributed by atoms with Gasteiger partial charge in [0.25, 0.3) is 0 Å². The second-order valence-electron chi connectivity index (χ2n) is 18.0. The third-order valence-electron chi connectivity index (χ3n) is 14.3. The molecule has 4 aliphatic rings. The lowest BCUT2D eigenvalue weighted by Gasteiger charge is -2.43. The number of aryl methyl sites for hydroxylation is 3. The number of anilines is 2. The van der Waals surface area contributed by atoms with Gasteiger partial charge in [-0.25, -0.2) is 0 Å². The number of aliphatic hydroxyl groups is 1. The first-order valence-electron chi connectivity index (χ1n) is 22.0. The molecule has 4 aromatic carbocycles. The van der Waals surface area contributed by atoms with Gasteiger partial charge in [0.1, 0.15) is 22.6 Å². The highest BCUT2D eigenvalue weighted by atomic mass is 32.1. The lowest BCUT2D eigenvalue weighted by atomic mass is 9.69. The summed E-state index contributed by atoms with van der Waals surface area (Å²) in [6, 6.07) is 35.0. The van der Waals surface area contributed by atoms with Crippen molar-refractivity contribution in [2.45, 2.75) is 96.1 Å². The molecule has 3 aliphatic heterocycles. The molecule has 0 unspecified atom stereocenters. The van der Waals surface area contributed by atoms with Crippen molar-refractivity contribution in [2.24, 2.45) is 10.9 Å². The average molecular weight is 817 g/mol. The van der Waals surface area contributed by atoms with E-state index in [9.17, 15) is 10.2 Å². The number of piperidine rings is 2. The van der Waals surface area contributed by atoms with E-state index in [0.717, 1.165) is 99.0 Å². The van der Waals surface area contributed by atoms with E-state index in [1.807, 2.05) is 19.1 Å². The van der Waals surface area contributed by atoms with E-state index < -0.39 is 5.60 Å². The Morgan fingerprint density at radius 1 is 0.767 bits per heavy atom. The van der Waals surface area contributed by atoms with Crippen LogP contribution in [-0.4, -0.2) is 62.5 Å². The number of nitrogens with zero attached hydrogens (tertiary/aromatic N) is 6. The Labute approximate surface area is 358 Å². The van der Waals surface area contributed by atoms with Crippen molar-refractivity contribution in [2.75, 3.05) is 36.0 Å². The monoisotopic (exact) mass is 816 g/mol. The van der Waals surface area contributed by atoms with Crippen LogP contribution in [0.4, 0.5) is 11.4 Å². The van der Waals surface area contributed by atoms with Crippen LogP contribution in [0.2, 0.25) is 0 Å². The lowest BCUT2D eigenvalue weighted by molar-refractivity contribution is -0.00951. The number of hydrogen-bond donors (Lipinski definition) is 2. The number of fused-ring (bicyclic) bond motifs is 4. The van der Waals surface area contributed by atoms with Crippen LogP contribution in [0.15, 0.2) is 102 Å². The second kappa shape index (κ2) is 15.7. The number of phenols is 1. The summed E-state index contributed by atoms with van der Waals surface area (Å²) in [4.78, 5) is 11.5. The number of rotatable bonds is 7.